The van der Waals surface area contributed by atoms with Crippen molar-refractivity contribution in [3.05, 3.63) is 23.8 Å². The second kappa shape index (κ2) is 9.56. The normalized spacial score (nSPS) is 13.4. The van der Waals surface area contributed by atoms with E-state index in [1.165, 1.54) is 0 Å². The van der Waals surface area contributed by atoms with Gasteiger partial charge in [0.05, 0.1) is 6.61 Å². The summed E-state index contributed by atoms with van der Waals surface area (Å²) in [6.07, 6.45) is 3.64. The average Bonchev–Trinajstić information content (AvgIpc) is 2.53. The number of benzene rings is 1. The molecular formula is C19H31NO3. The van der Waals surface area contributed by atoms with Crippen molar-refractivity contribution in [1.82, 2.24) is 0 Å². The quantitative estimate of drug-likeness (QED) is 0.679. The molecule has 1 N–H and O–H groups in total. The van der Waals surface area contributed by atoms with E-state index in [-0.39, 0.29) is 5.91 Å². The Kier molecular flexibility index (Phi) is 8.10. The van der Waals surface area contributed by atoms with Gasteiger partial charge in [0, 0.05) is 12.3 Å². The molecule has 1 aromatic rings. The van der Waals surface area contributed by atoms with Crippen LogP contribution >= 0.6 is 0 Å². The van der Waals surface area contributed by atoms with Gasteiger partial charge in [-0.3, -0.25) is 4.79 Å². The molecule has 0 aliphatic heterocycles. The van der Waals surface area contributed by atoms with Crippen molar-refractivity contribution < 1.29 is 14.3 Å². The first kappa shape index (κ1) is 19.5. The Hall–Kier alpha value is -1.55. The first-order valence-corrected chi connectivity index (χ1v) is 8.65. The minimum atomic E-state index is -0.779. The van der Waals surface area contributed by atoms with Gasteiger partial charge in [-0.25, -0.2) is 0 Å². The molecule has 0 saturated carbocycles. The number of aryl methyl sites for hydroxylation is 1. The lowest BCUT2D eigenvalue weighted by Crippen LogP contribution is -2.43. The second-order valence-corrected chi connectivity index (χ2v) is 6.05. The number of nitrogens with one attached hydrogen (secondary N) is 1. The van der Waals surface area contributed by atoms with Crippen LogP contribution in [0.25, 0.3) is 0 Å². The number of amides is 1. The van der Waals surface area contributed by atoms with Gasteiger partial charge >= 0.3 is 0 Å². The molecular weight excluding hydrogens is 290 g/mol. The maximum absolute atomic E-state index is 12.7. The van der Waals surface area contributed by atoms with Crippen molar-refractivity contribution in [3.63, 3.8) is 0 Å². The van der Waals surface area contributed by atoms with Crippen LogP contribution in [0.1, 0.15) is 58.9 Å². The van der Waals surface area contributed by atoms with Crippen LogP contribution in [-0.2, 0) is 9.53 Å². The molecule has 0 radical (unpaired) electrons. The molecule has 0 aliphatic rings. The van der Waals surface area contributed by atoms with Gasteiger partial charge in [-0.05, 0) is 57.4 Å². The lowest BCUT2D eigenvalue weighted by atomic mass is 9.97. The number of carbonyl (C=O) groups is 1. The molecule has 1 atom stereocenters. The monoisotopic (exact) mass is 321 g/mol. The maximum Gasteiger partial charge on any atom is 0.256 e. The summed E-state index contributed by atoms with van der Waals surface area (Å²) in [7, 11) is 0. The molecule has 4 nitrogen and oxygen atoms in total. The molecule has 0 saturated heterocycles. The topological polar surface area (TPSA) is 47.6 Å². The van der Waals surface area contributed by atoms with Gasteiger partial charge in [0.2, 0.25) is 0 Å². The minimum absolute atomic E-state index is 0.0806. The van der Waals surface area contributed by atoms with E-state index in [2.05, 4.69) is 12.2 Å². The van der Waals surface area contributed by atoms with Crippen molar-refractivity contribution in [2.24, 2.45) is 0 Å². The second-order valence-electron chi connectivity index (χ2n) is 6.05. The fourth-order valence-electron chi connectivity index (χ4n) is 2.40. The van der Waals surface area contributed by atoms with Crippen LogP contribution in [-0.4, -0.2) is 24.7 Å². The van der Waals surface area contributed by atoms with E-state index < -0.39 is 5.60 Å². The molecule has 23 heavy (non-hydrogen) atoms. The van der Waals surface area contributed by atoms with Crippen LogP contribution in [0.5, 0.6) is 5.75 Å². The van der Waals surface area contributed by atoms with Crippen molar-refractivity contribution in [2.45, 2.75) is 65.9 Å². The zero-order valence-electron chi connectivity index (χ0n) is 15.2. The Bertz CT molecular complexity index is 491. The highest BCUT2D eigenvalue weighted by atomic mass is 16.5. The molecule has 0 spiro atoms. The number of hydrogen-bond acceptors (Lipinski definition) is 3. The minimum Gasteiger partial charge on any atom is -0.494 e. The number of carbonyl (C=O) groups excluding carboxylic acids is 1. The van der Waals surface area contributed by atoms with Crippen LogP contribution in [0.4, 0.5) is 5.69 Å². The van der Waals surface area contributed by atoms with Crippen LogP contribution in [0, 0.1) is 6.92 Å². The largest absolute Gasteiger partial charge is 0.494 e. The third kappa shape index (κ3) is 5.87. The third-order valence-electron chi connectivity index (χ3n) is 3.85. The average molecular weight is 321 g/mol. The van der Waals surface area contributed by atoms with Gasteiger partial charge in [0.15, 0.2) is 0 Å². The Morgan fingerprint density at radius 2 is 1.96 bits per heavy atom. The van der Waals surface area contributed by atoms with Crippen molar-refractivity contribution in [1.29, 1.82) is 0 Å². The fraction of sp³-hybridized carbons (Fsp3) is 0.632. The molecule has 0 aromatic heterocycles. The molecule has 0 fully saturated rings. The zero-order valence-corrected chi connectivity index (χ0v) is 15.2. The highest BCUT2D eigenvalue weighted by Gasteiger charge is 2.33. The van der Waals surface area contributed by atoms with Crippen LogP contribution in [0.3, 0.4) is 0 Å². The number of rotatable bonds is 10. The van der Waals surface area contributed by atoms with Crippen LogP contribution in [0.15, 0.2) is 18.2 Å². The molecule has 0 aliphatic carbocycles. The smallest absolute Gasteiger partial charge is 0.256 e. The first-order valence-electron chi connectivity index (χ1n) is 8.65. The van der Waals surface area contributed by atoms with Crippen molar-refractivity contribution in [2.75, 3.05) is 18.5 Å². The van der Waals surface area contributed by atoms with Gasteiger partial charge in [0.25, 0.3) is 5.91 Å². The summed E-state index contributed by atoms with van der Waals surface area (Å²) in [5.41, 5.74) is 1.01. The SMILES string of the molecule is CCCCC(C)(OCCC)C(=O)Nc1ccc(OCC)c(C)c1. The predicted molar refractivity (Wildman–Crippen MR) is 95.2 cm³/mol. The molecule has 1 aromatic carbocycles. The third-order valence-corrected chi connectivity index (χ3v) is 3.85. The zero-order chi connectivity index (χ0) is 17.3. The van der Waals surface area contributed by atoms with E-state index >= 15 is 0 Å². The Morgan fingerprint density at radius 1 is 1.22 bits per heavy atom. The molecule has 4 heteroatoms. The van der Waals surface area contributed by atoms with Crippen LogP contribution in [0.2, 0.25) is 0 Å². The number of hydrogen-bond donors (Lipinski definition) is 1. The molecule has 130 valence electrons. The highest BCUT2D eigenvalue weighted by molar-refractivity contribution is 5.97. The summed E-state index contributed by atoms with van der Waals surface area (Å²) >= 11 is 0. The van der Waals surface area contributed by atoms with E-state index in [0.29, 0.717) is 13.2 Å². The summed E-state index contributed by atoms with van der Waals surface area (Å²) in [5, 5.41) is 2.99. The van der Waals surface area contributed by atoms with Crippen molar-refractivity contribution in [3.8, 4) is 5.75 Å². The Morgan fingerprint density at radius 3 is 2.52 bits per heavy atom. The van der Waals surface area contributed by atoms with Crippen molar-refractivity contribution >= 4 is 11.6 Å². The van der Waals surface area contributed by atoms with Crippen LogP contribution < -0.4 is 10.1 Å². The van der Waals surface area contributed by atoms with E-state index in [1.54, 1.807) is 0 Å². The van der Waals surface area contributed by atoms with E-state index in [9.17, 15) is 4.79 Å². The number of unbranched alkanes of at least 4 members (excludes halogenated alkanes) is 1. The highest BCUT2D eigenvalue weighted by Crippen LogP contribution is 2.25. The Labute approximate surface area is 140 Å². The van der Waals surface area contributed by atoms with E-state index in [1.807, 2.05) is 45.9 Å². The summed E-state index contributed by atoms with van der Waals surface area (Å²) < 4.78 is 11.4. The lowest BCUT2D eigenvalue weighted by Gasteiger charge is -2.28. The standard InChI is InChI=1S/C19H31NO3/c1-6-9-12-19(5,23-13-7-2)18(21)20-16-10-11-17(22-8-3)15(4)14-16/h10-11,14H,6-9,12-13H2,1-5H3,(H,20,21). The predicted octanol–water partition coefficient (Wildman–Crippen LogP) is 4.71. The molecule has 1 unspecified atom stereocenters. The fourth-order valence-corrected chi connectivity index (χ4v) is 2.40. The van der Waals surface area contributed by atoms with E-state index in [4.69, 9.17) is 9.47 Å². The summed E-state index contributed by atoms with van der Waals surface area (Å²) in [6, 6.07) is 5.70. The first-order chi connectivity index (χ1) is 11.0. The van der Waals surface area contributed by atoms with Gasteiger partial charge in [-0.2, -0.15) is 0 Å². The Balaban J connectivity index is 2.82. The molecule has 0 bridgehead atoms. The molecule has 1 rings (SSSR count). The summed E-state index contributed by atoms with van der Waals surface area (Å²) in [4.78, 5) is 12.7. The number of anilines is 1. The van der Waals surface area contributed by atoms with Gasteiger partial charge in [-0.15, -0.1) is 0 Å². The molecule has 0 heterocycles. The summed E-state index contributed by atoms with van der Waals surface area (Å²) in [6.45, 7) is 11.2. The van der Waals surface area contributed by atoms with E-state index in [0.717, 1.165) is 42.7 Å². The molecule has 1 amide bonds. The maximum atomic E-state index is 12.7. The van der Waals surface area contributed by atoms with Gasteiger partial charge in [0.1, 0.15) is 11.4 Å². The van der Waals surface area contributed by atoms with Gasteiger partial charge < -0.3 is 14.8 Å². The number of ether oxygens (including phenoxy) is 2. The van der Waals surface area contributed by atoms with Gasteiger partial charge in [-0.1, -0.05) is 26.7 Å². The summed E-state index contributed by atoms with van der Waals surface area (Å²) in [5.74, 6) is 0.768. The lowest BCUT2D eigenvalue weighted by molar-refractivity contribution is -0.140.